The summed E-state index contributed by atoms with van der Waals surface area (Å²) in [5.74, 6) is 0.301. The number of aromatic hydroxyl groups is 1. The summed E-state index contributed by atoms with van der Waals surface area (Å²) < 4.78 is 16.0. The van der Waals surface area contributed by atoms with Crippen LogP contribution in [0.4, 0.5) is 5.69 Å². The molecule has 0 spiro atoms. The zero-order valence-electron chi connectivity index (χ0n) is 17.3. The average Bonchev–Trinajstić information content (AvgIpc) is 2.76. The maximum absolute atomic E-state index is 12.4. The van der Waals surface area contributed by atoms with E-state index in [9.17, 15) is 14.7 Å². The highest BCUT2D eigenvalue weighted by Gasteiger charge is 2.17. The fourth-order valence-corrected chi connectivity index (χ4v) is 2.51. The summed E-state index contributed by atoms with van der Waals surface area (Å²) in [5, 5.41) is 12.7. The summed E-state index contributed by atoms with van der Waals surface area (Å²) in [7, 11) is 1.39. The van der Waals surface area contributed by atoms with Crippen LogP contribution in [0.1, 0.15) is 24.3 Å². The van der Waals surface area contributed by atoms with Gasteiger partial charge in [0.05, 0.1) is 13.0 Å². The molecule has 8 heteroatoms. The van der Waals surface area contributed by atoms with Crippen LogP contribution in [0.3, 0.4) is 0 Å². The molecule has 0 radical (unpaired) electrons. The molecule has 1 heterocycles. The third kappa shape index (κ3) is 5.51. The van der Waals surface area contributed by atoms with E-state index in [0.717, 1.165) is 0 Å². The maximum atomic E-state index is 12.4. The van der Waals surface area contributed by atoms with E-state index in [1.54, 1.807) is 62.4 Å². The Morgan fingerprint density at radius 1 is 0.935 bits per heavy atom. The number of ether oxygens (including phenoxy) is 3. The first-order chi connectivity index (χ1) is 14.9. The molecular weight excluding hydrogens is 400 g/mol. The highest BCUT2D eigenvalue weighted by Crippen LogP contribution is 2.29. The molecule has 0 aliphatic heterocycles. The molecule has 0 aliphatic carbocycles. The predicted octanol–water partition coefficient (Wildman–Crippen LogP) is 4.40. The molecule has 160 valence electrons. The zero-order valence-corrected chi connectivity index (χ0v) is 17.3. The summed E-state index contributed by atoms with van der Waals surface area (Å²) >= 11 is 0. The summed E-state index contributed by atoms with van der Waals surface area (Å²) in [6.07, 6.45) is 1.37. The lowest BCUT2D eigenvalue weighted by Gasteiger charge is -2.10. The number of pyridine rings is 1. The second kappa shape index (κ2) is 9.62. The van der Waals surface area contributed by atoms with Crippen molar-refractivity contribution < 1.29 is 28.9 Å². The van der Waals surface area contributed by atoms with Gasteiger partial charge in [0.15, 0.2) is 17.2 Å². The monoisotopic (exact) mass is 422 g/mol. The van der Waals surface area contributed by atoms with Crippen LogP contribution in [0.25, 0.3) is 0 Å². The summed E-state index contributed by atoms with van der Waals surface area (Å²) in [5.41, 5.74) is 0.357. The molecule has 0 fully saturated rings. The fourth-order valence-electron chi connectivity index (χ4n) is 2.51. The fraction of sp³-hybridized carbons (Fsp3) is 0.174. The number of carbonyl (C=O) groups excluding carboxylic acids is 2. The van der Waals surface area contributed by atoms with Crippen LogP contribution >= 0.6 is 0 Å². The number of nitrogens with zero attached hydrogens (tertiary/aromatic N) is 1. The van der Waals surface area contributed by atoms with E-state index in [0.29, 0.717) is 22.9 Å². The Bertz CT molecular complexity index is 1060. The van der Waals surface area contributed by atoms with Crippen molar-refractivity contribution in [3.63, 3.8) is 0 Å². The number of carbonyl (C=O) groups is 2. The first-order valence-corrected chi connectivity index (χ1v) is 9.50. The highest BCUT2D eigenvalue weighted by atomic mass is 16.5. The Hall–Kier alpha value is -4.07. The van der Waals surface area contributed by atoms with E-state index < -0.39 is 5.91 Å². The van der Waals surface area contributed by atoms with Gasteiger partial charge in [-0.1, -0.05) is 13.8 Å². The lowest BCUT2D eigenvalue weighted by Crippen LogP contribution is -2.14. The normalized spacial score (nSPS) is 10.5. The van der Waals surface area contributed by atoms with Gasteiger partial charge >= 0.3 is 5.97 Å². The van der Waals surface area contributed by atoms with Crippen LogP contribution in [0.15, 0.2) is 60.8 Å². The summed E-state index contributed by atoms with van der Waals surface area (Å²) in [6.45, 7) is 3.53. The Morgan fingerprint density at radius 3 is 2.10 bits per heavy atom. The number of methoxy groups -OCH3 is 1. The number of rotatable bonds is 7. The minimum absolute atomic E-state index is 0.141. The average molecular weight is 422 g/mol. The largest absolute Gasteiger partial charge is 0.503 e. The third-order valence-corrected chi connectivity index (χ3v) is 4.18. The van der Waals surface area contributed by atoms with E-state index in [1.165, 1.54) is 19.4 Å². The van der Waals surface area contributed by atoms with Gasteiger partial charge in [-0.05, 0) is 48.5 Å². The lowest BCUT2D eigenvalue weighted by molar-refractivity contribution is -0.137. The molecule has 3 rings (SSSR count). The van der Waals surface area contributed by atoms with Crippen LogP contribution in [-0.2, 0) is 4.79 Å². The van der Waals surface area contributed by atoms with Gasteiger partial charge in [-0.3, -0.25) is 9.59 Å². The maximum Gasteiger partial charge on any atom is 0.313 e. The smallest absolute Gasteiger partial charge is 0.313 e. The topological polar surface area (TPSA) is 107 Å². The van der Waals surface area contributed by atoms with Gasteiger partial charge in [0.1, 0.15) is 17.2 Å². The first kappa shape index (κ1) is 21.6. The van der Waals surface area contributed by atoms with E-state index >= 15 is 0 Å². The Kier molecular flexibility index (Phi) is 6.71. The molecule has 0 saturated heterocycles. The molecule has 0 bridgehead atoms. The SMILES string of the molecule is COc1ccnc(C(=O)Nc2ccc(Oc3ccc(OC(=O)C(C)C)cc3)cc2)c1O. The molecule has 0 unspecified atom stereocenters. The van der Waals surface area contributed by atoms with Crippen LogP contribution in [0.5, 0.6) is 28.7 Å². The molecule has 8 nitrogen and oxygen atoms in total. The van der Waals surface area contributed by atoms with E-state index in [4.69, 9.17) is 14.2 Å². The third-order valence-electron chi connectivity index (χ3n) is 4.18. The lowest BCUT2D eigenvalue weighted by atomic mass is 10.2. The van der Waals surface area contributed by atoms with Crippen LogP contribution in [0, 0.1) is 5.92 Å². The molecule has 1 amide bonds. The van der Waals surface area contributed by atoms with Crippen LogP contribution in [0.2, 0.25) is 0 Å². The second-order valence-electron chi connectivity index (χ2n) is 6.84. The number of anilines is 1. The number of benzene rings is 2. The number of aromatic nitrogens is 1. The van der Waals surface area contributed by atoms with Gasteiger partial charge in [-0.15, -0.1) is 0 Å². The number of amides is 1. The Balaban J connectivity index is 1.61. The molecule has 0 saturated carbocycles. The van der Waals surface area contributed by atoms with Gasteiger partial charge in [0, 0.05) is 18.0 Å². The minimum atomic E-state index is -0.573. The first-order valence-electron chi connectivity index (χ1n) is 9.50. The van der Waals surface area contributed by atoms with Crippen molar-refractivity contribution in [2.45, 2.75) is 13.8 Å². The van der Waals surface area contributed by atoms with Crippen molar-refractivity contribution in [2.75, 3.05) is 12.4 Å². The van der Waals surface area contributed by atoms with Crippen molar-refractivity contribution >= 4 is 17.6 Å². The van der Waals surface area contributed by atoms with Gasteiger partial charge in [-0.2, -0.15) is 0 Å². The predicted molar refractivity (Wildman–Crippen MR) is 114 cm³/mol. The van der Waals surface area contributed by atoms with E-state index in [2.05, 4.69) is 10.3 Å². The standard InChI is InChI=1S/C23H22N2O6/c1-14(2)23(28)31-18-10-8-17(9-11-18)30-16-6-4-15(5-7-16)25-22(27)20-21(26)19(29-3)12-13-24-20/h4-14,26H,1-3H3,(H,25,27). The number of hydrogen-bond donors (Lipinski definition) is 2. The second-order valence-corrected chi connectivity index (χ2v) is 6.84. The molecule has 1 aromatic heterocycles. The molecule has 31 heavy (non-hydrogen) atoms. The van der Waals surface area contributed by atoms with E-state index in [1.807, 2.05) is 0 Å². The highest BCUT2D eigenvalue weighted by molar-refractivity contribution is 6.05. The van der Waals surface area contributed by atoms with Gasteiger partial charge in [0.25, 0.3) is 5.91 Å². The van der Waals surface area contributed by atoms with Crippen molar-refractivity contribution in [2.24, 2.45) is 5.92 Å². The Labute approximate surface area is 179 Å². The molecule has 2 aromatic carbocycles. The quantitative estimate of drug-likeness (QED) is 0.429. The summed E-state index contributed by atoms with van der Waals surface area (Å²) in [6, 6.07) is 14.8. The van der Waals surface area contributed by atoms with Gasteiger partial charge in [-0.25, -0.2) is 4.98 Å². The zero-order chi connectivity index (χ0) is 22.4. The molecule has 3 aromatic rings. The van der Waals surface area contributed by atoms with Crippen molar-refractivity contribution in [3.8, 4) is 28.7 Å². The van der Waals surface area contributed by atoms with Crippen LogP contribution in [-0.4, -0.2) is 29.1 Å². The van der Waals surface area contributed by atoms with E-state index in [-0.39, 0.29) is 29.1 Å². The van der Waals surface area contributed by atoms with Crippen molar-refractivity contribution in [3.05, 3.63) is 66.5 Å². The molecular formula is C23H22N2O6. The van der Waals surface area contributed by atoms with Crippen molar-refractivity contribution in [1.82, 2.24) is 4.98 Å². The Morgan fingerprint density at radius 2 is 1.52 bits per heavy atom. The number of hydrogen-bond acceptors (Lipinski definition) is 7. The molecule has 2 N–H and O–H groups in total. The minimum Gasteiger partial charge on any atom is -0.503 e. The molecule has 0 atom stereocenters. The summed E-state index contributed by atoms with van der Waals surface area (Å²) in [4.78, 5) is 27.9. The van der Waals surface area contributed by atoms with Crippen molar-refractivity contribution in [1.29, 1.82) is 0 Å². The van der Waals surface area contributed by atoms with Crippen LogP contribution < -0.4 is 19.5 Å². The molecule has 0 aliphatic rings. The van der Waals surface area contributed by atoms with Gasteiger partial charge in [0.2, 0.25) is 0 Å². The van der Waals surface area contributed by atoms with Gasteiger partial charge < -0.3 is 24.6 Å². The number of nitrogens with one attached hydrogen (secondary N) is 1. The number of esters is 1.